The predicted octanol–water partition coefficient (Wildman–Crippen LogP) is 0.588. The summed E-state index contributed by atoms with van der Waals surface area (Å²) in [6.07, 6.45) is 0. The number of rotatable bonds is 2. The van der Waals surface area contributed by atoms with Crippen LogP contribution in [-0.4, -0.2) is 42.5 Å². The molecular formula is C11H16N2O2. The van der Waals surface area contributed by atoms with Crippen LogP contribution in [0.5, 0.6) is 0 Å². The first-order chi connectivity index (χ1) is 7.31. The van der Waals surface area contributed by atoms with E-state index < -0.39 is 0 Å². The zero-order valence-corrected chi connectivity index (χ0v) is 8.89. The van der Waals surface area contributed by atoms with Crippen LogP contribution in [0, 0.1) is 6.92 Å². The van der Waals surface area contributed by atoms with Crippen molar-refractivity contribution in [2.24, 2.45) is 0 Å². The third kappa shape index (κ3) is 2.27. The van der Waals surface area contributed by atoms with Crippen molar-refractivity contribution < 1.29 is 9.84 Å². The standard InChI is InChI=1S/C11H16N2O2/c1-9-3-2-4-11(12-9)13-5-6-15-8-10(13)7-14/h2-4,10,14H,5-8H2,1H3. The maximum atomic E-state index is 9.24. The van der Waals surface area contributed by atoms with E-state index in [0.717, 1.165) is 18.1 Å². The summed E-state index contributed by atoms with van der Waals surface area (Å²) in [6, 6.07) is 5.97. The molecule has 4 nitrogen and oxygen atoms in total. The van der Waals surface area contributed by atoms with Gasteiger partial charge in [0.15, 0.2) is 0 Å². The first-order valence-corrected chi connectivity index (χ1v) is 5.20. The van der Waals surface area contributed by atoms with Crippen LogP contribution < -0.4 is 4.90 Å². The predicted molar refractivity (Wildman–Crippen MR) is 58.0 cm³/mol. The topological polar surface area (TPSA) is 45.6 Å². The van der Waals surface area contributed by atoms with Gasteiger partial charge in [-0.2, -0.15) is 0 Å². The van der Waals surface area contributed by atoms with Gasteiger partial charge in [-0.3, -0.25) is 0 Å². The van der Waals surface area contributed by atoms with Crippen LogP contribution >= 0.6 is 0 Å². The van der Waals surface area contributed by atoms with E-state index in [1.165, 1.54) is 0 Å². The smallest absolute Gasteiger partial charge is 0.129 e. The minimum absolute atomic E-state index is 0.0352. The molecule has 1 atom stereocenters. The average molecular weight is 208 g/mol. The Morgan fingerprint density at radius 2 is 2.47 bits per heavy atom. The highest BCUT2D eigenvalue weighted by molar-refractivity contribution is 5.41. The Morgan fingerprint density at radius 1 is 1.60 bits per heavy atom. The third-order valence-electron chi connectivity index (χ3n) is 2.61. The van der Waals surface area contributed by atoms with Crippen molar-refractivity contribution >= 4 is 5.82 Å². The molecule has 4 heteroatoms. The van der Waals surface area contributed by atoms with Gasteiger partial charge in [0.05, 0.1) is 25.9 Å². The van der Waals surface area contributed by atoms with Crippen molar-refractivity contribution in [1.29, 1.82) is 0 Å². The molecule has 0 bridgehead atoms. The quantitative estimate of drug-likeness (QED) is 0.772. The molecule has 0 saturated carbocycles. The molecule has 1 N–H and O–H groups in total. The molecule has 2 heterocycles. The summed E-state index contributed by atoms with van der Waals surface area (Å²) in [6.45, 7) is 4.15. The number of morpholine rings is 1. The van der Waals surface area contributed by atoms with Gasteiger partial charge in [-0.25, -0.2) is 4.98 Å². The lowest BCUT2D eigenvalue weighted by atomic mass is 10.2. The van der Waals surface area contributed by atoms with Gasteiger partial charge in [-0.15, -0.1) is 0 Å². The number of aryl methyl sites for hydroxylation is 1. The third-order valence-corrected chi connectivity index (χ3v) is 2.61. The normalized spacial score (nSPS) is 21.7. The first-order valence-electron chi connectivity index (χ1n) is 5.20. The summed E-state index contributed by atoms with van der Waals surface area (Å²) in [7, 11) is 0. The van der Waals surface area contributed by atoms with Crippen molar-refractivity contribution in [1.82, 2.24) is 4.98 Å². The van der Waals surface area contributed by atoms with Crippen LogP contribution in [0.25, 0.3) is 0 Å². The second-order valence-corrected chi connectivity index (χ2v) is 3.74. The second-order valence-electron chi connectivity index (χ2n) is 3.74. The van der Waals surface area contributed by atoms with Gasteiger partial charge in [0, 0.05) is 12.2 Å². The number of hydrogen-bond donors (Lipinski definition) is 1. The highest BCUT2D eigenvalue weighted by Crippen LogP contribution is 2.17. The van der Waals surface area contributed by atoms with E-state index in [9.17, 15) is 5.11 Å². The van der Waals surface area contributed by atoms with Crippen LogP contribution in [-0.2, 0) is 4.74 Å². The molecule has 0 spiro atoms. The van der Waals surface area contributed by atoms with E-state index in [-0.39, 0.29) is 12.6 Å². The lowest BCUT2D eigenvalue weighted by Gasteiger charge is -2.35. The lowest BCUT2D eigenvalue weighted by molar-refractivity contribution is 0.0723. The van der Waals surface area contributed by atoms with Gasteiger partial charge in [0.1, 0.15) is 5.82 Å². The number of aromatic nitrogens is 1. The molecule has 1 aliphatic rings. The Morgan fingerprint density at radius 3 is 3.20 bits per heavy atom. The molecule has 0 aromatic carbocycles. The Balaban J connectivity index is 2.20. The van der Waals surface area contributed by atoms with Gasteiger partial charge in [0.2, 0.25) is 0 Å². The number of ether oxygens (including phenoxy) is 1. The van der Waals surface area contributed by atoms with Crippen molar-refractivity contribution in [3.05, 3.63) is 23.9 Å². The summed E-state index contributed by atoms with van der Waals surface area (Å²) in [4.78, 5) is 6.56. The molecule has 1 fully saturated rings. The minimum Gasteiger partial charge on any atom is -0.394 e. The van der Waals surface area contributed by atoms with Crippen LogP contribution in [0.3, 0.4) is 0 Å². The molecule has 1 aromatic rings. The van der Waals surface area contributed by atoms with Crippen LogP contribution in [0.2, 0.25) is 0 Å². The summed E-state index contributed by atoms with van der Waals surface area (Å²) >= 11 is 0. The minimum atomic E-state index is 0.0352. The summed E-state index contributed by atoms with van der Waals surface area (Å²) < 4.78 is 5.33. The molecule has 1 aromatic heterocycles. The molecule has 2 rings (SSSR count). The molecule has 82 valence electrons. The molecule has 1 unspecified atom stereocenters. The van der Waals surface area contributed by atoms with Crippen molar-refractivity contribution in [3.63, 3.8) is 0 Å². The number of aliphatic hydroxyl groups is 1. The van der Waals surface area contributed by atoms with Crippen molar-refractivity contribution in [3.8, 4) is 0 Å². The molecule has 0 radical (unpaired) electrons. The van der Waals surface area contributed by atoms with Gasteiger partial charge < -0.3 is 14.7 Å². The Hall–Kier alpha value is -1.13. The number of anilines is 1. The van der Waals surface area contributed by atoms with Crippen molar-refractivity contribution in [2.75, 3.05) is 31.3 Å². The van der Waals surface area contributed by atoms with E-state index in [2.05, 4.69) is 9.88 Å². The van der Waals surface area contributed by atoms with E-state index in [1.807, 2.05) is 25.1 Å². The van der Waals surface area contributed by atoms with E-state index in [4.69, 9.17) is 4.74 Å². The number of aliphatic hydroxyl groups excluding tert-OH is 1. The number of pyridine rings is 1. The average Bonchev–Trinajstić information content (AvgIpc) is 2.29. The summed E-state index contributed by atoms with van der Waals surface area (Å²) in [5, 5.41) is 9.24. The maximum absolute atomic E-state index is 9.24. The molecule has 0 aliphatic carbocycles. The fourth-order valence-corrected chi connectivity index (χ4v) is 1.80. The molecule has 1 aliphatic heterocycles. The largest absolute Gasteiger partial charge is 0.394 e. The highest BCUT2D eigenvalue weighted by Gasteiger charge is 2.23. The lowest BCUT2D eigenvalue weighted by Crippen LogP contribution is -2.48. The maximum Gasteiger partial charge on any atom is 0.129 e. The Bertz CT molecular complexity index is 330. The Labute approximate surface area is 89.5 Å². The SMILES string of the molecule is Cc1cccc(N2CCOCC2CO)n1. The fourth-order valence-electron chi connectivity index (χ4n) is 1.80. The molecule has 0 amide bonds. The van der Waals surface area contributed by atoms with E-state index >= 15 is 0 Å². The van der Waals surface area contributed by atoms with E-state index in [0.29, 0.717) is 13.2 Å². The Kier molecular flexibility index (Phi) is 3.18. The number of hydrogen-bond acceptors (Lipinski definition) is 4. The zero-order valence-electron chi connectivity index (χ0n) is 8.89. The van der Waals surface area contributed by atoms with Gasteiger partial charge in [-0.05, 0) is 19.1 Å². The number of nitrogens with zero attached hydrogens (tertiary/aromatic N) is 2. The highest BCUT2D eigenvalue weighted by atomic mass is 16.5. The summed E-state index contributed by atoms with van der Waals surface area (Å²) in [5.74, 6) is 0.928. The van der Waals surface area contributed by atoms with Crippen LogP contribution in [0.4, 0.5) is 5.82 Å². The first kappa shape index (κ1) is 10.4. The van der Waals surface area contributed by atoms with Crippen LogP contribution in [0.15, 0.2) is 18.2 Å². The van der Waals surface area contributed by atoms with Gasteiger partial charge in [0.25, 0.3) is 0 Å². The fraction of sp³-hybridized carbons (Fsp3) is 0.545. The zero-order chi connectivity index (χ0) is 10.7. The van der Waals surface area contributed by atoms with Gasteiger partial charge in [-0.1, -0.05) is 6.07 Å². The molecule has 1 saturated heterocycles. The molecule has 15 heavy (non-hydrogen) atoms. The second kappa shape index (κ2) is 4.59. The van der Waals surface area contributed by atoms with Crippen molar-refractivity contribution in [2.45, 2.75) is 13.0 Å². The monoisotopic (exact) mass is 208 g/mol. The summed E-state index contributed by atoms with van der Waals surface area (Å²) in [5.41, 5.74) is 0.996. The molecular weight excluding hydrogens is 192 g/mol. The van der Waals surface area contributed by atoms with Gasteiger partial charge >= 0.3 is 0 Å². The van der Waals surface area contributed by atoms with E-state index in [1.54, 1.807) is 0 Å². The van der Waals surface area contributed by atoms with Crippen LogP contribution in [0.1, 0.15) is 5.69 Å².